The van der Waals surface area contributed by atoms with Gasteiger partial charge < -0.3 is 9.47 Å². The van der Waals surface area contributed by atoms with E-state index in [1.54, 1.807) is 6.20 Å². The van der Waals surface area contributed by atoms with E-state index < -0.39 is 5.79 Å². The van der Waals surface area contributed by atoms with Gasteiger partial charge in [0.05, 0.1) is 36.2 Å². The van der Waals surface area contributed by atoms with Gasteiger partial charge in [0.15, 0.2) is 11.6 Å². The van der Waals surface area contributed by atoms with E-state index in [9.17, 15) is 4.79 Å². The Kier molecular flexibility index (Phi) is 3.41. The van der Waals surface area contributed by atoms with Crippen molar-refractivity contribution in [2.75, 3.05) is 13.2 Å². The average Bonchev–Trinajstić information content (AvgIpc) is 3.14. The third-order valence-electron chi connectivity index (χ3n) is 7.01. The number of ketones is 1. The fourth-order valence-electron chi connectivity index (χ4n) is 5.54. The minimum Gasteiger partial charge on any atom is -0.347 e. The van der Waals surface area contributed by atoms with Crippen LogP contribution in [0.3, 0.4) is 0 Å². The van der Waals surface area contributed by atoms with E-state index in [1.807, 2.05) is 4.68 Å². The summed E-state index contributed by atoms with van der Waals surface area (Å²) in [6.45, 7) is 14.3. The van der Waals surface area contributed by atoms with Gasteiger partial charge in [-0.15, -0.1) is 0 Å². The number of Topliss-reactive ketones (excluding diaryl/α,β-unsaturated/α-hetero) is 1. The summed E-state index contributed by atoms with van der Waals surface area (Å²) in [6.07, 6.45) is 4.21. The number of carbonyl (C=O) groups excluding carboxylic acids is 1. The van der Waals surface area contributed by atoms with Gasteiger partial charge in [-0.05, 0) is 39.5 Å². The van der Waals surface area contributed by atoms with Gasteiger partial charge in [0.1, 0.15) is 0 Å². The first-order chi connectivity index (χ1) is 11.5. The van der Waals surface area contributed by atoms with Gasteiger partial charge in [-0.2, -0.15) is 5.10 Å². The van der Waals surface area contributed by atoms with Gasteiger partial charge in [-0.25, -0.2) is 0 Å². The number of aromatic nitrogens is 2. The van der Waals surface area contributed by atoms with Crippen LogP contribution in [0.2, 0.25) is 0 Å². The molecule has 0 radical (unpaired) electrons. The summed E-state index contributed by atoms with van der Waals surface area (Å²) in [5, 5.41) is 4.58. The molecule has 1 aromatic heterocycles. The van der Waals surface area contributed by atoms with E-state index in [2.05, 4.69) is 46.6 Å². The summed E-state index contributed by atoms with van der Waals surface area (Å²) in [5.41, 5.74) is 1.13. The highest BCUT2D eigenvalue weighted by Gasteiger charge is 2.65. The van der Waals surface area contributed by atoms with Crippen molar-refractivity contribution in [3.63, 3.8) is 0 Å². The van der Waals surface area contributed by atoms with Crippen LogP contribution >= 0.6 is 0 Å². The van der Waals surface area contributed by atoms with Crippen LogP contribution in [0.25, 0.3) is 0 Å². The Labute approximate surface area is 150 Å². The number of ether oxygens (including phenoxy) is 2. The SMILES string of the molecule is CC(C)(C)n1ncc2c1C[C@H]1C(C)(C)C3(CC[C@]1(C)C2=O)OCCO3. The van der Waals surface area contributed by atoms with E-state index in [0.29, 0.717) is 13.2 Å². The maximum atomic E-state index is 13.5. The molecule has 4 rings (SSSR count). The molecular weight excluding hydrogens is 316 g/mol. The largest absolute Gasteiger partial charge is 0.347 e. The van der Waals surface area contributed by atoms with Crippen LogP contribution in [-0.2, 0) is 21.4 Å². The predicted octanol–water partition coefficient (Wildman–Crippen LogP) is 3.56. The van der Waals surface area contributed by atoms with Crippen molar-refractivity contribution in [3.05, 3.63) is 17.5 Å². The first-order valence-corrected chi connectivity index (χ1v) is 9.43. The van der Waals surface area contributed by atoms with Crippen molar-refractivity contribution in [1.29, 1.82) is 0 Å². The topological polar surface area (TPSA) is 53.4 Å². The first-order valence-electron chi connectivity index (χ1n) is 9.43. The van der Waals surface area contributed by atoms with Gasteiger partial charge in [0.25, 0.3) is 0 Å². The van der Waals surface area contributed by atoms with Gasteiger partial charge >= 0.3 is 0 Å². The molecule has 0 unspecified atom stereocenters. The number of nitrogens with zero attached hydrogens (tertiary/aromatic N) is 2. The van der Waals surface area contributed by atoms with Crippen molar-refractivity contribution in [3.8, 4) is 0 Å². The van der Waals surface area contributed by atoms with E-state index in [-0.39, 0.29) is 28.1 Å². The molecule has 3 aliphatic rings. The maximum Gasteiger partial charge on any atom is 0.173 e. The minimum absolute atomic E-state index is 0.140. The quantitative estimate of drug-likeness (QED) is 0.721. The van der Waals surface area contributed by atoms with E-state index in [0.717, 1.165) is 30.5 Å². The molecule has 2 fully saturated rings. The third-order valence-corrected chi connectivity index (χ3v) is 7.01. The lowest BCUT2D eigenvalue weighted by molar-refractivity contribution is -0.277. The molecular formula is C20H30N2O3. The fraction of sp³-hybridized carbons (Fsp3) is 0.800. The molecule has 2 heterocycles. The van der Waals surface area contributed by atoms with Gasteiger partial charge in [0, 0.05) is 17.3 Å². The molecule has 2 aliphatic carbocycles. The standard InChI is InChI=1S/C20H30N2O3/c1-17(2,3)22-14-11-15-18(4,5)20(24-9-10-25-20)8-7-19(15,6)16(23)13(14)12-21-22/h12,15H,7-11H2,1-6H3/t15-,19-/m0/s1. The van der Waals surface area contributed by atoms with Crippen LogP contribution in [0.1, 0.15) is 70.4 Å². The molecule has 1 aliphatic heterocycles. The van der Waals surface area contributed by atoms with Crippen LogP contribution < -0.4 is 0 Å². The first kappa shape index (κ1) is 17.2. The third kappa shape index (κ3) is 2.08. The highest BCUT2D eigenvalue weighted by molar-refractivity contribution is 6.02. The van der Waals surface area contributed by atoms with E-state index in [1.165, 1.54) is 0 Å². The molecule has 1 saturated carbocycles. The molecule has 1 saturated heterocycles. The van der Waals surface area contributed by atoms with Crippen LogP contribution in [0.4, 0.5) is 0 Å². The molecule has 2 atom stereocenters. The highest BCUT2D eigenvalue weighted by Crippen LogP contribution is 2.62. The van der Waals surface area contributed by atoms with Crippen LogP contribution in [0, 0.1) is 16.7 Å². The molecule has 25 heavy (non-hydrogen) atoms. The number of rotatable bonds is 0. The monoisotopic (exact) mass is 346 g/mol. The molecule has 0 N–H and O–H groups in total. The second-order valence-corrected chi connectivity index (χ2v) is 9.76. The molecule has 5 nitrogen and oxygen atoms in total. The Balaban J connectivity index is 1.84. The van der Waals surface area contributed by atoms with Crippen molar-refractivity contribution >= 4 is 5.78 Å². The zero-order valence-corrected chi connectivity index (χ0v) is 16.3. The van der Waals surface area contributed by atoms with Crippen molar-refractivity contribution < 1.29 is 14.3 Å². The summed E-state index contributed by atoms with van der Waals surface area (Å²) < 4.78 is 14.3. The Morgan fingerprint density at radius 2 is 1.80 bits per heavy atom. The number of carbonyl (C=O) groups is 1. The van der Waals surface area contributed by atoms with Crippen LogP contribution in [0.15, 0.2) is 6.20 Å². The zero-order chi connectivity index (χ0) is 18.3. The lowest BCUT2D eigenvalue weighted by Gasteiger charge is -2.58. The molecule has 138 valence electrons. The Hall–Kier alpha value is -1.20. The molecule has 1 spiro atoms. The van der Waals surface area contributed by atoms with Gasteiger partial charge in [-0.3, -0.25) is 9.48 Å². The number of hydrogen-bond donors (Lipinski definition) is 0. The Bertz CT molecular complexity index is 722. The predicted molar refractivity (Wildman–Crippen MR) is 94.5 cm³/mol. The lowest BCUT2D eigenvalue weighted by atomic mass is 9.49. The summed E-state index contributed by atoms with van der Waals surface area (Å²) in [4.78, 5) is 13.5. The highest BCUT2D eigenvalue weighted by atomic mass is 16.7. The molecule has 0 amide bonds. The van der Waals surface area contributed by atoms with Crippen molar-refractivity contribution in [2.24, 2.45) is 16.7 Å². The summed E-state index contributed by atoms with van der Waals surface area (Å²) in [7, 11) is 0. The second-order valence-electron chi connectivity index (χ2n) is 9.76. The summed E-state index contributed by atoms with van der Waals surface area (Å²) in [5.74, 6) is -0.138. The summed E-state index contributed by atoms with van der Waals surface area (Å²) in [6, 6.07) is 0. The molecule has 1 aromatic rings. The smallest absolute Gasteiger partial charge is 0.173 e. The van der Waals surface area contributed by atoms with Crippen LogP contribution in [0.5, 0.6) is 0 Å². The summed E-state index contributed by atoms with van der Waals surface area (Å²) >= 11 is 0. The zero-order valence-electron chi connectivity index (χ0n) is 16.3. The van der Waals surface area contributed by atoms with E-state index >= 15 is 0 Å². The minimum atomic E-state index is -0.554. The average molecular weight is 346 g/mol. The number of fused-ring (bicyclic) bond motifs is 2. The molecule has 0 bridgehead atoms. The number of hydrogen-bond acceptors (Lipinski definition) is 4. The van der Waals surface area contributed by atoms with E-state index in [4.69, 9.17) is 9.47 Å². The van der Waals surface area contributed by atoms with Crippen molar-refractivity contribution in [2.45, 2.75) is 72.1 Å². The lowest BCUT2D eigenvalue weighted by Crippen LogP contribution is -2.62. The Morgan fingerprint density at radius 1 is 1.16 bits per heavy atom. The Morgan fingerprint density at radius 3 is 2.40 bits per heavy atom. The maximum absolute atomic E-state index is 13.5. The normalized spacial score (nSPS) is 33.4. The molecule has 5 heteroatoms. The van der Waals surface area contributed by atoms with Crippen LogP contribution in [-0.4, -0.2) is 34.6 Å². The fourth-order valence-corrected chi connectivity index (χ4v) is 5.54. The van der Waals surface area contributed by atoms with Crippen molar-refractivity contribution in [1.82, 2.24) is 9.78 Å². The van der Waals surface area contributed by atoms with Gasteiger partial charge in [0.2, 0.25) is 0 Å². The molecule has 0 aromatic carbocycles. The van der Waals surface area contributed by atoms with Gasteiger partial charge in [-0.1, -0.05) is 20.8 Å². The second kappa shape index (κ2) is 4.95.